The number of furan rings is 1. The second kappa shape index (κ2) is 4.14. The molecule has 0 saturated heterocycles. The Morgan fingerprint density at radius 1 is 1.11 bits per heavy atom. The van der Waals surface area contributed by atoms with Gasteiger partial charge in [0.1, 0.15) is 18.4 Å². The highest BCUT2D eigenvalue weighted by atomic mass is 35.5. The van der Waals surface area contributed by atoms with Gasteiger partial charge in [0.25, 0.3) is 0 Å². The number of rotatable bonds is 1. The Hall–Kier alpha value is -1.80. The Labute approximate surface area is 110 Å². The minimum atomic E-state index is 0.773. The first-order valence-corrected chi connectivity index (χ1v) is 6.16. The summed E-state index contributed by atoms with van der Waals surface area (Å²) in [6.07, 6.45) is 4.00. The number of hydrogen-bond acceptors (Lipinski definition) is 1. The van der Waals surface area contributed by atoms with Gasteiger partial charge in [-0.25, -0.2) is 4.57 Å². The normalized spacial score (nSPS) is 11.1. The SMILES string of the molecule is Cc1cc2oc(-c3cc[n+](C)cc3)cc2cc1Cl. The van der Waals surface area contributed by atoms with Gasteiger partial charge < -0.3 is 4.42 Å². The van der Waals surface area contributed by atoms with Crippen LogP contribution in [-0.4, -0.2) is 0 Å². The van der Waals surface area contributed by atoms with Crippen molar-refractivity contribution in [3.63, 3.8) is 0 Å². The standard InChI is InChI=1S/C15H13ClNO/c1-10-7-14-12(8-13(10)16)9-15(18-14)11-3-5-17(2)6-4-11/h3-9H,1-2H3/q+1. The van der Waals surface area contributed by atoms with Gasteiger partial charge in [-0.1, -0.05) is 11.6 Å². The van der Waals surface area contributed by atoms with E-state index in [1.165, 1.54) is 0 Å². The maximum atomic E-state index is 6.12. The van der Waals surface area contributed by atoms with Crippen molar-refractivity contribution in [2.75, 3.05) is 0 Å². The van der Waals surface area contributed by atoms with E-state index in [4.69, 9.17) is 16.0 Å². The van der Waals surface area contributed by atoms with Crippen molar-refractivity contribution < 1.29 is 8.98 Å². The molecule has 1 aromatic carbocycles. The molecule has 0 aliphatic rings. The number of pyridine rings is 1. The highest BCUT2D eigenvalue weighted by Gasteiger charge is 2.09. The first-order valence-electron chi connectivity index (χ1n) is 5.79. The molecule has 2 aromatic heterocycles. The summed E-state index contributed by atoms with van der Waals surface area (Å²) in [6.45, 7) is 1.98. The molecule has 0 aliphatic heterocycles. The van der Waals surface area contributed by atoms with Gasteiger partial charge in [0.15, 0.2) is 12.4 Å². The molecule has 3 rings (SSSR count). The van der Waals surface area contributed by atoms with Crippen LogP contribution in [0.5, 0.6) is 0 Å². The zero-order chi connectivity index (χ0) is 12.7. The molecule has 18 heavy (non-hydrogen) atoms. The number of aryl methyl sites for hydroxylation is 2. The van der Waals surface area contributed by atoms with Crippen molar-refractivity contribution in [1.82, 2.24) is 0 Å². The predicted molar refractivity (Wildman–Crippen MR) is 72.6 cm³/mol. The third-order valence-electron chi connectivity index (χ3n) is 3.06. The molecule has 3 heteroatoms. The van der Waals surface area contributed by atoms with Gasteiger partial charge >= 0.3 is 0 Å². The van der Waals surface area contributed by atoms with Gasteiger partial charge in [-0.3, -0.25) is 0 Å². The molecular weight excluding hydrogens is 246 g/mol. The van der Waals surface area contributed by atoms with Crippen molar-refractivity contribution in [3.05, 3.63) is 53.3 Å². The van der Waals surface area contributed by atoms with Crippen LogP contribution in [0.4, 0.5) is 0 Å². The molecule has 0 saturated carbocycles. The van der Waals surface area contributed by atoms with Crippen LogP contribution in [0.2, 0.25) is 5.02 Å². The average molecular weight is 259 g/mol. The predicted octanol–water partition coefficient (Wildman–Crippen LogP) is 3.89. The van der Waals surface area contributed by atoms with E-state index in [1.54, 1.807) is 0 Å². The fourth-order valence-corrected chi connectivity index (χ4v) is 2.14. The van der Waals surface area contributed by atoms with Gasteiger partial charge in [-0.2, -0.15) is 0 Å². The first-order chi connectivity index (χ1) is 8.63. The Morgan fingerprint density at radius 2 is 1.83 bits per heavy atom. The molecule has 0 atom stereocenters. The monoisotopic (exact) mass is 258 g/mol. The maximum Gasteiger partial charge on any atom is 0.169 e. The zero-order valence-electron chi connectivity index (χ0n) is 10.3. The number of hydrogen-bond donors (Lipinski definition) is 0. The second-order valence-corrected chi connectivity index (χ2v) is 4.91. The Bertz CT molecular complexity index is 674. The van der Waals surface area contributed by atoms with Crippen LogP contribution >= 0.6 is 11.6 Å². The molecule has 0 bridgehead atoms. The van der Waals surface area contributed by atoms with E-state index < -0.39 is 0 Å². The number of halogens is 1. The van der Waals surface area contributed by atoms with Gasteiger partial charge in [-0.05, 0) is 30.7 Å². The van der Waals surface area contributed by atoms with E-state index >= 15 is 0 Å². The molecule has 3 aromatic rings. The lowest BCUT2D eigenvalue weighted by Gasteiger charge is -1.95. The van der Waals surface area contributed by atoms with E-state index in [0.717, 1.165) is 32.9 Å². The van der Waals surface area contributed by atoms with Gasteiger partial charge in [0, 0.05) is 28.1 Å². The second-order valence-electron chi connectivity index (χ2n) is 4.50. The minimum Gasteiger partial charge on any atom is -0.456 e. The summed E-state index contributed by atoms with van der Waals surface area (Å²) in [7, 11) is 1.99. The lowest BCUT2D eigenvalue weighted by atomic mass is 10.1. The third-order valence-corrected chi connectivity index (χ3v) is 3.47. The van der Waals surface area contributed by atoms with Crippen molar-refractivity contribution in [3.8, 4) is 11.3 Å². The largest absolute Gasteiger partial charge is 0.456 e. The molecule has 0 radical (unpaired) electrons. The van der Waals surface area contributed by atoms with Crippen molar-refractivity contribution in [2.24, 2.45) is 7.05 Å². The quantitative estimate of drug-likeness (QED) is 0.605. The molecule has 0 unspecified atom stereocenters. The van der Waals surface area contributed by atoms with Crippen molar-refractivity contribution in [2.45, 2.75) is 6.92 Å². The number of benzene rings is 1. The average Bonchev–Trinajstić information content (AvgIpc) is 2.73. The molecule has 90 valence electrons. The van der Waals surface area contributed by atoms with Crippen LogP contribution in [0.3, 0.4) is 0 Å². The first kappa shape index (κ1) is 11.3. The summed E-state index contributed by atoms with van der Waals surface area (Å²) in [6, 6.07) is 10.0. The molecule has 0 fully saturated rings. The maximum absolute atomic E-state index is 6.12. The van der Waals surface area contributed by atoms with E-state index in [9.17, 15) is 0 Å². The molecule has 0 aliphatic carbocycles. The molecule has 0 spiro atoms. The van der Waals surface area contributed by atoms with Gasteiger partial charge in [0.05, 0.1) is 0 Å². The Morgan fingerprint density at radius 3 is 2.56 bits per heavy atom. The summed E-state index contributed by atoms with van der Waals surface area (Å²) >= 11 is 6.12. The molecular formula is C15H13ClNO+. The number of aromatic nitrogens is 1. The van der Waals surface area contributed by atoms with Crippen LogP contribution in [-0.2, 0) is 7.05 Å². The number of fused-ring (bicyclic) bond motifs is 1. The van der Waals surface area contributed by atoms with Gasteiger partial charge in [0.2, 0.25) is 0 Å². The highest BCUT2D eigenvalue weighted by Crippen LogP contribution is 2.30. The smallest absolute Gasteiger partial charge is 0.169 e. The lowest BCUT2D eigenvalue weighted by Crippen LogP contribution is -2.25. The third kappa shape index (κ3) is 1.89. The van der Waals surface area contributed by atoms with Crippen molar-refractivity contribution >= 4 is 22.6 Å². The summed E-state index contributed by atoms with van der Waals surface area (Å²) in [5, 5.41) is 1.81. The van der Waals surface area contributed by atoms with Crippen LogP contribution in [0.25, 0.3) is 22.3 Å². The van der Waals surface area contributed by atoms with E-state index in [2.05, 4.69) is 0 Å². The fourth-order valence-electron chi connectivity index (χ4n) is 1.97. The molecule has 2 nitrogen and oxygen atoms in total. The Kier molecular flexibility index (Phi) is 2.60. The van der Waals surface area contributed by atoms with Gasteiger partial charge in [-0.15, -0.1) is 0 Å². The Balaban J connectivity index is 2.16. The van der Waals surface area contributed by atoms with E-state index in [-0.39, 0.29) is 0 Å². The lowest BCUT2D eigenvalue weighted by molar-refractivity contribution is -0.671. The molecule has 0 N–H and O–H groups in total. The summed E-state index contributed by atoms with van der Waals surface area (Å²) < 4.78 is 7.86. The van der Waals surface area contributed by atoms with Crippen LogP contribution in [0.1, 0.15) is 5.56 Å². The fraction of sp³-hybridized carbons (Fsp3) is 0.133. The highest BCUT2D eigenvalue weighted by molar-refractivity contribution is 6.32. The number of nitrogens with zero attached hydrogens (tertiary/aromatic N) is 1. The minimum absolute atomic E-state index is 0.773. The van der Waals surface area contributed by atoms with Crippen LogP contribution < -0.4 is 4.57 Å². The zero-order valence-corrected chi connectivity index (χ0v) is 11.0. The summed E-state index contributed by atoms with van der Waals surface area (Å²) in [5.41, 5.74) is 2.97. The van der Waals surface area contributed by atoms with E-state index in [0.29, 0.717) is 0 Å². The summed E-state index contributed by atoms with van der Waals surface area (Å²) in [4.78, 5) is 0. The van der Waals surface area contributed by atoms with E-state index in [1.807, 2.05) is 61.3 Å². The topological polar surface area (TPSA) is 17.0 Å². The molecule has 0 amide bonds. The van der Waals surface area contributed by atoms with Crippen molar-refractivity contribution in [1.29, 1.82) is 0 Å². The van der Waals surface area contributed by atoms with Crippen LogP contribution in [0.15, 0.2) is 47.1 Å². The summed E-state index contributed by atoms with van der Waals surface area (Å²) in [5.74, 6) is 0.868. The molecule has 2 heterocycles. The van der Waals surface area contributed by atoms with Crippen LogP contribution in [0, 0.1) is 6.92 Å².